The standard InChI is InChI=1S/C11H13NO4/c13-12(14)10-4-2-1-3-9(10)5-6-11-15-7-8-16-11/h1-4,11H,5-8H2. The molecule has 1 aliphatic heterocycles. The second-order valence-corrected chi connectivity index (χ2v) is 3.60. The monoisotopic (exact) mass is 223 g/mol. The van der Waals surface area contributed by atoms with Crippen LogP contribution in [0.5, 0.6) is 0 Å². The van der Waals surface area contributed by atoms with E-state index < -0.39 is 0 Å². The molecule has 0 N–H and O–H groups in total. The average Bonchev–Trinajstić information content (AvgIpc) is 2.79. The first-order valence-corrected chi connectivity index (χ1v) is 5.23. The number of aryl methyl sites for hydroxylation is 1. The van der Waals surface area contributed by atoms with E-state index in [0.717, 1.165) is 5.56 Å². The molecule has 0 unspecified atom stereocenters. The van der Waals surface area contributed by atoms with Gasteiger partial charge in [0.25, 0.3) is 5.69 Å². The van der Waals surface area contributed by atoms with Crippen molar-refractivity contribution in [3.8, 4) is 0 Å². The minimum absolute atomic E-state index is 0.167. The highest BCUT2D eigenvalue weighted by Crippen LogP contribution is 2.21. The third kappa shape index (κ3) is 2.56. The van der Waals surface area contributed by atoms with E-state index in [-0.39, 0.29) is 16.9 Å². The van der Waals surface area contributed by atoms with E-state index >= 15 is 0 Å². The van der Waals surface area contributed by atoms with Gasteiger partial charge in [-0.1, -0.05) is 18.2 Å². The van der Waals surface area contributed by atoms with Gasteiger partial charge in [-0.25, -0.2) is 0 Å². The molecule has 2 rings (SSSR count). The van der Waals surface area contributed by atoms with Crippen LogP contribution in [0.4, 0.5) is 5.69 Å². The molecule has 0 atom stereocenters. The SMILES string of the molecule is O=[N+]([O-])c1ccccc1CCC1OCCO1. The summed E-state index contributed by atoms with van der Waals surface area (Å²) in [6, 6.07) is 6.77. The molecule has 1 aromatic rings. The Kier molecular flexibility index (Phi) is 3.48. The number of nitro groups is 1. The van der Waals surface area contributed by atoms with E-state index in [1.54, 1.807) is 18.2 Å². The summed E-state index contributed by atoms with van der Waals surface area (Å²) in [6.45, 7) is 1.23. The fourth-order valence-corrected chi connectivity index (χ4v) is 1.75. The van der Waals surface area contributed by atoms with Crippen LogP contribution in [0.2, 0.25) is 0 Å². The van der Waals surface area contributed by atoms with Gasteiger partial charge in [-0.2, -0.15) is 0 Å². The molecule has 0 spiro atoms. The van der Waals surface area contributed by atoms with Crippen molar-refractivity contribution in [1.29, 1.82) is 0 Å². The predicted octanol–water partition coefficient (Wildman–Crippen LogP) is 1.90. The molecule has 0 radical (unpaired) electrons. The molecule has 0 aromatic heterocycles. The van der Waals surface area contributed by atoms with E-state index in [1.165, 1.54) is 6.07 Å². The molecule has 0 bridgehead atoms. The molecule has 1 saturated heterocycles. The van der Waals surface area contributed by atoms with Gasteiger partial charge in [0.2, 0.25) is 0 Å². The summed E-state index contributed by atoms with van der Waals surface area (Å²) >= 11 is 0. The van der Waals surface area contributed by atoms with Gasteiger partial charge >= 0.3 is 0 Å². The number of nitro benzene ring substituents is 1. The Morgan fingerprint density at radius 1 is 1.31 bits per heavy atom. The first kappa shape index (κ1) is 11.0. The van der Waals surface area contributed by atoms with Crippen LogP contribution < -0.4 is 0 Å². The number of nitrogens with zero attached hydrogens (tertiary/aromatic N) is 1. The number of para-hydroxylation sites is 1. The average molecular weight is 223 g/mol. The largest absolute Gasteiger partial charge is 0.350 e. The maximum absolute atomic E-state index is 10.8. The quantitative estimate of drug-likeness (QED) is 0.577. The maximum Gasteiger partial charge on any atom is 0.272 e. The molecule has 5 nitrogen and oxygen atoms in total. The Morgan fingerprint density at radius 2 is 2.00 bits per heavy atom. The lowest BCUT2D eigenvalue weighted by molar-refractivity contribution is -0.385. The summed E-state index contributed by atoms with van der Waals surface area (Å²) in [5, 5.41) is 10.8. The first-order chi connectivity index (χ1) is 7.77. The van der Waals surface area contributed by atoms with Crippen molar-refractivity contribution < 1.29 is 14.4 Å². The maximum atomic E-state index is 10.8. The van der Waals surface area contributed by atoms with Crippen LogP contribution in [0.3, 0.4) is 0 Å². The van der Waals surface area contributed by atoms with Crippen LogP contribution in [0.15, 0.2) is 24.3 Å². The number of hydrogen-bond acceptors (Lipinski definition) is 4. The number of rotatable bonds is 4. The Bertz CT molecular complexity index is 374. The molecule has 0 saturated carbocycles. The summed E-state index contributed by atoms with van der Waals surface area (Å²) in [5.41, 5.74) is 0.895. The van der Waals surface area contributed by atoms with Crippen LogP contribution in [0.25, 0.3) is 0 Å². The van der Waals surface area contributed by atoms with Gasteiger partial charge in [0.05, 0.1) is 18.1 Å². The highest BCUT2D eigenvalue weighted by molar-refractivity contribution is 5.39. The Hall–Kier alpha value is -1.46. The second kappa shape index (κ2) is 5.05. The number of ether oxygens (including phenoxy) is 2. The molecule has 1 heterocycles. The lowest BCUT2D eigenvalue weighted by Crippen LogP contribution is -2.09. The third-order valence-electron chi connectivity index (χ3n) is 2.53. The van der Waals surface area contributed by atoms with Crippen LogP contribution >= 0.6 is 0 Å². The molecule has 0 amide bonds. The summed E-state index contributed by atoms with van der Waals surface area (Å²) < 4.78 is 10.6. The second-order valence-electron chi connectivity index (χ2n) is 3.60. The molecular weight excluding hydrogens is 210 g/mol. The van der Waals surface area contributed by atoms with E-state index in [4.69, 9.17) is 9.47 Å². The normalized spacial score (nSPS) is 16.5. The fraction of sp³-hybridized carbons (Fsp3) is 0.455. The highest BCUT2D eigenvalue weighted by Gasteiger charge is 2.18. The van der Waals surface area contributed by atoms with Gasteiger partial charge in [-0.05, 0) is 6.42 Å². The van der Waals surface area contributed by atoms with Crippen LogP contribution in [-0.4, -0.2) is 24.4 Å². The molecule has 16 heavy (non-hydrogen) atoms. The van der Waals surface area contributed by atoms with E-state index in [9.17, 15) is 10.1 Å². The van der Waals surface area contributed by atoms with Crippen molar-refractivity contribution in [2.24, 2.45) is 0 Å². The Morgan fingerprint density at radius 3 is 2.69 bits per heavy atom. The van der Waals surface area contributed by atoms with Crippen molar-refractivity contribution in [3.63, 3.8) is 0 Å². The van der Waals surface area contributed by atoms with Crippen molar-refractivity contribution in [3.05, 3.63) is 39.9 Å². The number of benzene rings is 1. The Balaban J connectivity index is 2.00. The van der Waals surface area contributed by atoms with Crippen molar-refractivity contribution in [2.75, 3.05) is 13.2 Å². The van der Waals surface area contributed by atoms with Gasteiger partial charge in [-0.3, -0.25) is 10.1 Å². The summed E-state index contributed by atoms with van der Waals surface area (Å²) in [5.74, 6) is 0. The molecule has 5 heteroatoms. The van der Waals surface area contributed by atoms with Crippen LogP contribution in [-0.2, 0) is 15.9 Å². The van der Waals surface area contributed by atoms with Gasteiger partial charge in [0.1, 0.15) is 0 Å². The summed E-state index contributed by atoms with van der Waals surface area (Å²) in [6.07, 6.45) is 1.05. The summed E-state index contributed by atoms with van der Waals surface area (Å²) in [7, 11) is 0. The topological polar surface area (TPSA) is 61.6 Å². The van der Waals surface area contributed by atoms with Crippen molar-refractivity contribution >= 4 is 5.69 Å². The van der Waals surface area contributed by atoms with E-state index in [1.807, 2.05) is 0 Å². The molecular formula is C11H13NO4. The molecule has 1 aromatic carbocycles. The smallest absolute Gasteiger partial charge is 0.272 e. The molecule has 86 valence electrons. The molecule has 1 fully saturated rings. The molecule has 1 aliphatic rings. The van der Waals surface area contributed by atoms with Gasteiger partial charge in [-0.15, -0.1) is 0 Å². The summed E-state index contributed by atoms with van der Waals surface area (Å²) in [4.78, 5) is 10.4. The number of hydrogen-bond donors (Lipinski definition) is 0. The fourth-order valence-electron chi connectivity index (χ4n) is 1.75. The Labute approximate surface area is 93.1 Å². The lowest BCUT2D eigenvalue weighted by atomic mass is 10.1. The van der Waals surface area contributed by atoms with Gasteiger partial charge in [0, 0.05) is 18.1 Å². The lowest BCUT2D eigenvalue weighted by Gasteiger charge is -2.08. The van der Waals surface area contributed by atoms with Crippen LogP contribution in [0.1, 0.15) is 12.0 Å². The van der Waals surface area contributed by atoms with Gasteiger partial charge < -0.3 is 9.47 Å². The van der Waals surface area contributed by atoms with Gasteiger partial charge in [0.15, 0.2) is 6.29 Å². The zero-order chi connectivity index (χ0) is 11.4. The van der Waals surface area contributed by atoms with Crippen LogP contribution in [0, 0.1) is 10.1 Å². The minimum Gasteiger partial charge on any atom is -0.350 e. The zero-order valence-electron chi connectivity index (χ0n) is 8.80. The zero-order valence-corrected chi connectivity index (χ0v) is 8.80. The minimum atomic E-state index is -0.355. The van der Waals surface area contributed by atoms with Crippen molar-refractivity contribution in [2.45, 2.75) is 19.1 Å². The first-order valence-electron chi connectivity index (χ1n) is 5.23. The van der Waals surface area contributed by atoms with Crippen molar-refractivity contribution in [1.82, 2.24) is 0 Å². The predicted molar refractivity (Wildman–Crippen MR) is 57.1 cm³/mol. The molecule has 0 aliphatic carbocycles. The van der Waals surface area contributed by atoms with E-state index in [2.05, 4.69) is 0 Å². The highest BCUT2D eigenvalue weighted by atomic mass is 16.7. The van der Waals surface area contributed by atoms with E-state index in [0.29, 0.717) is 26.1 Å². The third-order valence-corrected chi connectivity index (χ3v) is 2.53.